The van der Waals surface area contributed by atoms with E-state index in [4.69, 9.17) is 9.97 Å². The standard InChI is InChI=1S/C15H23N3S/c1-3-10-4-6-11(7-5-10)14-17-13-9-19-8-12(13)15(16-2)18-14/h10-11H,3-9H2,1-2H3,(H,16,17,18). The molecule has 104 valence electrons. The average molecular weight is 277 g/mol. The molecular formula is C15H23N3S. The summed E-state index contributed by atoms with van der Waals surface area (Å²) in [7, 11) is 1.98. The van der Waals surface area contributed by atoms with E-state index in [2.05, 4.69) is 12.2 Å². The number of rotatable bonds is 3. The van der Waals surface area contributed by atoms with Crippen molar-refractivity contribution in [3.8, 4) is 0 Å². The number of nitrogens with one attached hydrogen (secondary N) is 1. The van der Waals surface area contributed by atoms with Crippen LogP contribution < -0.4 is 5.32 Å². The smallest absolute Gasteiger partial charge is 0.134 e. The Labute approximate surface area is 120 Å². The van der Waals surface area contributed by atoms with E-state index in [0.29, 0.717) is 5.92 Å². The predicted octanol–water partition coefficient (Wildman–Crippen LogP) is 3.95. The summed E-state index contributed by atoms with van der Waals surface area (Å²) in [5, 5.41) is 3.26. The van der Waals surface area contributed by atoms with E-state index in [9.17, 15) is 0 Å². The van der Waals surface area contributed by atoms with Crippen LogP contribution in [0.25, 0.3) is 0 Å². The van der Waals surface area contributed by atoms with Gasteiger partial charge in [0.15, 0.2) is 0 Å². The Bertz CT molecular complexity index is 453. The maximum atomic E-state index is 4.86. The minimum atomic E-state index is 0.589. The zero-order valence-corrected chi connectivity index (χ0v) is 12.7. The number of anilines is 1. The highest BCUT2D eigenvalue weighted by Crippen LogP contribution is 2.38. The summed E-state index contributed by atoms with van der Waals surface area (Å²) in [6, 6.07) is 0. The minimum absolute atomic E-state index is 0.589. The molecule has 2 aliphatic rings. The highest BCUT2D eigenvalue weighted by Gasteiger charge is 2.26. The number of hydrogen-bond donors (Lipinski definition) is 1. The molecule has 19 heavy (non-hydrogen) atoms. The quantitative estimate of drug-likeness (QED) is 0.908. The lowest BCUT2D eigenvalue weighted by atomic mass is 9.80. The van der Waals surface area contributed by atoms with Crippen LogP contribution in [0.5, 0.6) is 0 Å². The van der Waals surface area contributed by atoms with Crippen molar-refractivity contribution in [3.05, 3.63) is 17.1 Å². The van der Waals surface area contributed by atoms with Crippen molar-refractivity contribution in [2.24, 2.45) is 5.92 Å². The van der Waals surface area contributed by atoms with Crippen LogP contribution >= 0.6 is 11.8 Å². The molecule has 1 aromatic rings. The highest BCUT2D eigenvalue weighted by molar-refractivity contribution is 7.98. The Balaban J connectivity index is 1.82. The molecule has 3 nitrogen and oxygen atoms in total. The summed E-state index contributed by atoms with van der Waals surface area (Å²) >= 11 is 1.95. The molecule has 1 fully saturated rings. The molecule has 0 spiro atoms. The molecule has 1 aliphatic heterocycles. The maximum Gasteiger partial charge on any atom is 0.134 e. The van der Waals surface area contributed by atoms with Crippen molar-refractivity contribution in [3.63, 3.8) is 0 Å². The zero-order valence-electron chi connectivity index (χ0n) is 11.9. The van der Waals surface area contributed by atoms with Crippen LogP contribution in [-0.2, 0) is 11.5 Å². The molecule has 2 heterocycles. The molecule has 0 bridgehead atoms. The Morgan fingerprint density at radius 3 is 2.63 bits per heavy atom. The third-order valence-corrected chi connectivity index (χ3v) is 5.59. The Morgan fingerprint density at radius 2 is 1.95 bits per heavy atom. The first kappa shape index (κ1) is 13.2. The molecule has 4 heteroatoms. The zero-order chi connectivity index (χ0) is 13.2. The van der Waals surface area contributed by atoms with Gasteiger partial charge in [0.25, 0.3) is 0 Å². The van der Waals surface area contributed by atoms with Crippen molar-refractivity contribution in [2.75, 3.05) is 12.4 Å². The van der Waals surface area contributed by atoms with E-state index in [1.807, 2.05) is 18.8 Å². The first-order valence-electron chi connectivity index (χ1n) is 7.47. The van der Waals surface area contributed by atoms with Crippen LogP contribution in [0.4, 0.5) is 5.82 Å². The fourth-order valence-corrected chi connectivity index (χ4v) is 4.33. The topological polar surface area (TPSA) is 37.8 Å². The van der Waals surface area contributed by atoms with Gasteiger partial charge in [-0.15, -0.1) is 0 Å². The van der Waals surface area contributed by atoms with Crippen LogP contribution in [0.1, 0.15) is 62.0 Å². The Morgan fingerprint density at radius 1 is 1.16 bits per heavy atom. The van der Waals surface area contributed by atoms with Gasteiger partial charge in [-0.25, -0.2) is 9.97 Å². The molecule has 0 atom stereocenters. The Hall–Kier alpha value is -0.770. The van der Waals surface area contributed by atoms with E-state index in [1.54, 1.807) is 0 Å². The lowest BCUT2D eigenvalue weighted by molar-refractivity contribution is 0.312. The van der Waals surface area contributed by atoms with E-state index < -0.39 is 0 Å². The van der Waals surface area contributed by atoms with Crippen LogP contribution in [0.3, 0.4) is 0 Å². The molecule has 3 rings (SSSR count). The van der Waals surface area contributed by atoms with Crippen LogP contribution in [0.2, 0.25) is 0 Å². The first-order chi connectivity index (χ1) is 9.31. The lowest BCUT2D eigenvalue weighted by Crippen LogP contribution is -2.16. The van der Waals surface area contributed by atoms with Gasteiger partial charge >= 0.3 is 0 Å². The van der Waals surface area contributed by atoms with E-state index in [-0.39, 0.29) is 0 Å². The monoisotopic (exact) mass is 277 g/mol. The number of nitrogens with zero attached hydrogens (tertiary/aromatic N) is 2. The van der Waals surface area contributed by atoms with E-state index >= 15 is 0 Å². The normalized spacial score (nSPS) is 26.2. The third kappa shape index (κ3) is 2.60. The van der Waals surface area contributed by atoms with Crippen LogP contribution in [0.15, 0.2) is 0 Å². The first-order valence-corrected chi connectivity index (χ1v) is 8.62. The molecule has 0 amide bonds. The van der Waals surface area contributed by atoms with Crippen molar-refractivity contribution in [2.45, 2.75) is 56.5 Å². The lowest BCUT2D eigenvalue weighted by Gasteiger charge is -2.27. The number of hydrogen-bond acceptors (Lipinski definition) is 4. The Kier molecular flexibility index (Phi) is 3.96. The number of fused-ring (bicyclic) bond motifs is 1. The van der Waals surface area contributed by atoms with E-state index in [0.717, 1.165) is 29.1 Å². The largest absolute Gasteiger partial charge is 0.373 e. The van der Waals surface area contributed by atoms with Gasteiger partial charge in [-0.2, -0.15) is 11.8 Å². The molecule has 0 radical (unpaired) electrons. The van der Waals surface area contributed by atoms with Gasteiger partial charge in [0.2, 0.25) is 0 Å². The summed E-state index contributed by atoms with van der Waals surface area (Å²) in [5.74, 6) is 5.82. The predicted molar refractivity (Wildman–Crippen MR) is 81.6 cm³/mol. The second-order valence-electron chi connectivity index (χ2n) is 5.72. The van der Waals surface area contributed by atoms with Gasteiger partial charge in [-0.05, 0) is 31.6 Å². The van der Waals surface area contributed by atoms with Crippen molar-refractivity contribution in [1.82, 2.24) is 9.97 Å². The summed E-state index contributed by atoms with van der Waals surface area (Å²) in [6.07, 6.45) is 6.58. The maximum absolute atomic E-state index is 4.86. The van der Waals surface area contributed by atoms with Crippen LogP contribution in [-0.4, -0.2) is 17.0 Å². The van der Waals surface area contributed by atoms with Crippen molar-refractivity contribution in [1.29, 1.82) is 0 Å². The van der Waals surface area contributed by atoms with Crippen LogP contribution in [0, 0.1) is 5.92 Å². The second kappa shape index (κ2) is 5.70. The summed E-state index contributed by atoms with van der Waals surface area (Å²) in [4.78, 5) is 9.67. The molecule has 0 unspecified atom stereocenters. The van der Waals surface area contributed by atoms with Gasteiger partial charge in [0, 0.05) is 30.0 Å². The molecule has 1 aliphatic carbocycles. The van der Waals surface area contributed by atoms with Gasteiger partial charge < -0.3 is 5.32 Å². The second-order valence-corrected chi connectivity index (χ2v) is 6.71. The van der Waals surface area contributed by atoms with Crippen molar-refractivity contribution < 1.29 is 0 Å². The molecule has 1 saturated carbocycles. The fraction of sp³-hybridized carbons (Fsp3) is 0.733. The van der Waals surface area contributed by atoms with Gasteiger partial charge in [0.05, 0.1) is 5.69 Å². The summed E-state index contributed by atoms with van der Waals surface area (Å²) < 4.78 is 0. The van der Waals surface area contributed by atoms with Gasteiger partial charge in [-0.3, -0.25) is 0 Å². The number of aromatic nitrogens is 2. The fourth-order valence-electron chi connectivity index (χ4n) is 3.29. The highest BCUT2D eigenvalue weighted by atomic mass is 32.2. The third-order valence-electron chi connectivity index (χ3n) is 4.62. The SMILES string of the molecule is CCC1CCC(c2nc3c(c(NC)n2)CSC3)CC1. The average Bonchev–Trinajstić information content (AvgIpc) is 2.94. The summed E-state index contributed by atoms with van der Waals surface area (Å²) in [6.45, 7) is 2.31. The van der Waals surface area contributed by atoms with Crippen molar-refractivity contribution >= 4 is 17.6 Å². The van der Waals surface area contributed by atoms with Gasteiger partial charge in [0.1, 0.15) is 11.6 Å². The van der Waals surface area contributed by atoms with Gasteiger partial charge in [-0.1, -0.05) is 13.3 Å². The minimum Gasteiger partial charge on any atom is -0.373 e. The molecule has 0 aromatic carbocycles. The molecule has 1 aromatic heterocycles. The number of thioether (sulfide) groups is 1. The van der Waals surface area contributed by atoms with E-state index in [1.165, 1.54) is 43.4 Å². The summed E-state index contributed by atoms with van der Waals surface area (Å²) in [5.41, 5.74) is 2.61. The molecule has 0 saturated heterocycles. The molecular weight excluding hydrogens is 254 g/mol. The molecule has 1 N–H and O–H groups in total.